The van der Waals surface area contributed by atoms with Gasteiger partial charge in [0, 0.05) is 22.3 Å². The van der Waals surface area contributed by atoms with Gasteiger partial charge in [0.2, 0.25) is 5.91 Å². The largest absolute Gasteiger partial charge is 0.497 e. The normalized spacial score (nSPS) is 14.2. The van der Waals surface area contributed by atoms with E-state index in [9.17, 15) is 4.79 Å². The van der Waals surface area contributed by atoms with Gasteiger partial charge in [-0.2, -0.15) is 0 Å². The summed E-state index contributed by atoms with van der Waals surface area (Å²) in [5.74, 6) is 0.788. The van der Waals surface area contributed by atoms with Gasteiger partial charge in [0.1, 0.15) is 5.75 Å². The Morgan fingerprint density at radius 2 is 2.24 bits per heavy atom. The molecule has 0 bridgehead atoms. The predicted molar refractivity (Wildman–Crippen MR) is 70.3 cm³/mol. The van der Waals surface area contributed by atoms with E-state index in [2.05, 4.69) is 26.6 Å². The Morgan fingerprint density at radius 3 is 2.88 bits per heavy atom. The number of nitrogens with one attached hydrogen (secondary N) is 2. The van der Waals surface area contributed by atoms with Crippen LogP contribution in [0.3, 0.4) is 0 Å². The Hall–Kier alpha value is -1.23. The number of carbonyl (C=O) groups excluding carboxylic acids is 1. The molecule has 1 saturated carbocycles. The van der Waals surface area contributed by atoms with Gasteiger partial charge in [0.15, 0.2) is 0 Å². The van der Waals surface area contributed by atoms with Crippen LogP contribution < -0.4 is 15.4 Å². The lowest BCUT2D eigenvalue weighted by Gasteiger charge is -2.09. The number of ether oxygens (including phenoxy) is 1. The molecule has 1 amide bonds. The smallest absolute Gasteiger partial charge is 0.239 e. The van der Waals surface area contributed by atoms with Gasteiger partial charge in [0.25, 0.3) is 0 Å². The zero-order valence-corrected chi connectivity index (χ0v) is 11.2. The van der Waals surface area contributed by atoms with Crippen molar-refractivity contribution >= 4 is 27.5 Å². The van der Waals surface area contributed by atoms with E-state index in [1.165, 1.54) is 0 Å². The van der Waals surface area contributed by atoms with Gasteiger partial charge in [-0.15, -0.1) is 0 Å². The summed E-state index contributed by atoms with van der Waals surface area (Å²) < 4.78 is 6.06. The Labute approximate surface area is 109 Å². The van der Waals surface area contributed by atoms with Crippen molar-refractivity contribution in [2.24, 2.45) is 0 Å². The lowest BCUT2D eigenvalue weighted by atomic mass is 10.3. The van der Waals surface area contributed by atoms with Crippen LogP contribution >= 0.6 is 15.9 Å². The summed E-state index contributed by atoms with van der Waals surface area (Å²) in [6.07, 6.45) is 2.22. The Balaban J connectivity index is 1.88. The minimum atomic E-state index is 0.0337. The highest BCUT2D eigenvalue weighted by molar-refractivity contribution is 9.10. The SMILES string of the molecule is COc1cc(Br)cc(NCC(=O)NC2CC2)c1. The zero-order chi connectivity index (χ0) is 12.3. The van der Waals surface area contributed by atoms with E-state index in [1.54, 1.807) is 7.11 Å². The summed E-state index contributed by atoms with van der Waals surface area (Å²) in [7, 11) is 1.62. The number of hydrogen-bond donors (Lipinski definition) is 2. The van der Waals surface area contributed by atoms with Gasteiger partial charge in [-0.3, -0.25) is 4.79 Å². The molecule has 0 heterocycles. The molecule has 1 aliphatic rings. The van der Waals surface area contributed by atoms with Crippen LogP contribution in [0, 0.1) is 0 Å². The van der Waals surface area contributed by atoms with Crippen molar-refractivity contribution < 1.29 is 9.53 Å². The second kappa shape index (κ2) is 5.40. The lowest BCUT2D eigenvalue weighted by molar-refractivity contribution is -0.119. The van der Waals surface area contributed by atoms with Crippen LogP contribution in [0.2, 0.25) is 0 Å². The fourth-order valence-corrected chi connectivity index (χ4v) is 1.94. The number of benzene rings is 1. The van der Waals surface area contributed by atoms with Gasteiger partial charge in [-0.05, 0) is 25.0 Å². The Bertz CT molecular complexity index is 419. The summed E-state index contributed by atoms with van der Waals surface area (Å²) in [4.78, 5) is 11.5. The van der Waals surface area contributed by atoms with E-state index >= 15 is 0 Å². The molecule has 17 heavy (non-hydrogen) atoms. The third-order valence-electron chi connectivity index (χ3n) is 2.50. The molecule has 4 nitrogen and oxygen atoms in total. The summed E-state index contributed by atoms with van der Waals surface area (Å²) in [5, 5.41) is 5.99. The van der Waals surface area contributed by atoms with Crippen LogP contribution in [-0.2, 0) is 4.79 Å². The molecule has 1 aromatic carbocycles. The number of amides is 1. The van der Waals surface area contributed by atoms with Gasteiger partial charge in [-0.25, -0.2) is 0 Å². The fraction of sp³-hybridized carbons (Fsp3) is 0.417. The Kier molecular flexibility index (Phi) is 3.89. The molecule has 2 N–H and O–H groups in total. The first kappa shape index (κ1) is 12.2. The maximum Gasteiger partial charge on any atom is 0.239 e. The quantitative estimate of drug-likeness (QED) is 0.876. The van der Waals surface area contributed by atoms with E-state index in [4.69, 9.17) is 4.74 Å². The molecule has 2 rings (SSSR count). The van der Waals surface area contributed by atoms with E-state index in [-0.39, 0.29) is 12.5 Å². The van der Waals surface area contributed by atoms with E-state index < -0.39 is 0 Å². The Morgan fingerprint density at radius 1 is 1.47 bits per heavy atom. The average Bonchev–Trinajstić information content (AvgIpc) is 3.09. The number of halogens is 1. The van der Waals surface area contributed by atoms with E-state index in [0.29, 0.717) is 6.04 Å². The van der Waals surface area contributed by atoms with Crippen LogP contribution in [0.25, 0.3) is 0 Å². The molecule has 1 aromatic rings. The lowest BCUT2D eigenvalue weighted by Crippen LogP contribution is -2.31. The first-order valence-corrected chi connectivity index (χ1v) is 6.34. The fourth-order valence-electron chi connectivity index (χ4n) is 1.47. The van der Waals surface area contributed by atoms with Crippen molar-refractivity contribution in [2.75, 3.05) is 19.0 Å². The average molecular weight is 299 g/mol. The first-order chi connectivity index (χ1) is 8.17. The highest BCUT2D eigenvalue weighted by Gasteiger charge is 2.22. The van der Waals surface area contributed by atoms with Gasteiger partial charge in [0.05, 0.1) is 13.7 Å². The van der Waals surface area contributed by atoms with Crippen molar-refractivity contribution in [3.63, 3.8) is 0 Å². The van der Waals surface area contributed by atoms with E-state index in [0.717, 1.165) is 28.8 Å². The maximum absolute atomic E-state index is 11.5. The second-order valence-corrected chi connectivity index (χ2v) is 4.99. The number of rotatable bonds is 5. The molecule has 0 atom stereocenters. The van der Waals surface area contributed by atoms with Crippen molar-refractivity contribution in [1.29, 1.82) is 0 Å². The van der Waals surface area contributed by atoms with Crippen molar-refractivity contribution in [3.05, 3.63) is 22.7 Å². The number of methoxy groups -OCH3 is 1. The molecule has 0 radical (unpaired) electrons. The van der Waals surface area contributed by atoms with Crippen LogP contribution in [0.1, 0.15) is 12.8 Å². The topological polar surface area (TPSA) is 50.4 Å². The molecule has 0 unspecified atom stereocenters. The standard InChI is InChI=1S/C12H15BrN2O2/c1-17-11-5-8(13)4-10(6-11)14-7-12(16)15-9-2-3-9/h4-6,9,14H,2-3,7H2,1H3,(H,15,16). The number of hydrogen-bond acceptors (Lipinski definition) is 3. The zero-order valence-electron chi connectivity index (χ0n) is 9.63. The molecule has 0 aromatic heterocycles. The molecule has 0 spiro atoms. The van der Waals surface area contributed by atoms with Gasteiger partial charge >= 0.3 is 0 Å². The van der Waals surface area contributed by atoms with E-state index in [1.807, 2.05) is 18.2 Å². The van der Waals surface area contributed by atoms with Crippen LogP contribution in [0.15, 0.2) is 22.7 Å². The minimum Gasteiger partial charge on any atom is -0.497 e. The number of anilines is 1. The highest BCUT2D eigenvalue weighted by atomic mass is 79.9. The summed E-state index contributed by atoms with van der Waals surface area (Å²) >= 11 is 3.39. The number of carbonyl (C=O) groups is 1. The molecule has 92 valence electrons. The van der Waals surface area contributed by atoms with Crippen LogP contribution in [-0.4, -0.2) is 25.6 Å². The van der Waals surface area contributed by atoms with Gasteiger partial charge < -0.3 is 15.4 Å². The highest BCUT2D eigenvalue weighted by Crippen LogP contribution is 2.24. The van der Waals surface area contributed by atoms with Gasteiger partial charge in [-0.1, -0.05) is 15.9 Å². The summed E-state index contributed by atoms with van der Waals surface area (Å²) in [6, 6.07) is 6.04. The van der Waals surface area contributed by atoms with Crippen LogP contribution in [0.4, 0.5) is 5.69 Å². The molecule has 5 heteroatoms. The van der Waals surface area contributed by atoms with Crippen molar-refractivity contribution in [3.8, 4) is 5.75 Å². The third kappa shape index (κ3) is 3.93. The molecule has 1 aliphatic carbocycles. The second-order valence-electron chi connectivity index (χ2n) is 4.08. The van der Waals surface area contributed by atoms with Crippen molar-refractivity contribution in [1.82, 2.24) is 5.32 Å². The molecule has 0 aliphatic heterocycles. The third-order valence-corrected chi connectivity index (χ3v) is 2.96. The predicted octanol–water partition coefficient (Wildman–Crippen LogP) is 2.15. The summed E-state index contributed by atoms with van der Waals surface area (Å²) in [6.45, 7) is 0.288. The molecular weight excluding hydrogens is 284 g/mol. The summed E-state index contributed by atoms with van der Waals surface area (Å²) in [5.41, 5.74) is 0.863. The molecule has 0 saturated heterocycles. The molecule has 1 fully saturated rings. The van der Waals surface area contributed by atoms with Crippen LogP contribution in [0.5, 0.6) is 5.75 Å². The minimum absolute atomic E-state index is 0.0337. The monoisotopic (exact) mass is 298 g/mol. The first-order valence-electron chi connectivity index (χ1n) is 5.55. The molecular formula is C12H15BrN2O2. The van der Waals surface area contributed by atoms with Crippen molar-refractivity contribution in [2.45, 2.75) is 18.9 Å². The maximum atomic E-state index is 11.5.